The van der Waals surface area contributed by atoms with Crippen LogP contribution in [0.2, 0.25) is 5.02 Å². The fourth-order valence-corrected chi connectivity index (χ4v) is 4.54. The lowest BCUT2D eigenvalue weighted by atomic mass is 10.3. The van der Waals surface area contributed by atoms with Gasteiger partial charge in [-0.1, -0.05) is 17.7 Å². The zero-order chi connectivity index (χ0) is 16.4. The molecule has 1 atom stereocenters. The van der Waals surface area contributed by atoms with Crippen LogP contribution in [-0.4, -0.2) is 36.9 Å². The number of aromatic nitrogens is 1. The molecule has 0 radical (unpaired) electrons. The van der Waals surface area contributed by atoms with Gasteiger partial charge in [0.05, 0.1) is 15.9 Å². The van der Waals surface area contributed by atoms with E-state index in [1.165, 1.54) is 10.4 Å². The zero-order valence-corrected chi connectivity index (χ0v) is 15.2. The van der Waals surface area contributed by atoms with Gasteiger partial charge in [-0.3, -0.25) is 0 Å². The molecule has 1 fully saturated rings. The van der Waals surface area contributed by atoms with Gasteiger partial charge in [0.1, 0.15) is 6.10 Å². The van der Waals surface area contributed by atoms with Gasteiger partial charge in [-0.2, -0.15) is 4.31 Å². The summed E-state index contributed by atoms with van der Waals surface area (Å²) in [6.07, 6.45) is 2.02. The Bertz CT molecular complexity index is 816. The molecule has 122 valence electrons. The lowest BCUT2D eigenvalue weighted by Gasteiger charge is -2.17. The van der Waals surface area contributed by atoms with Gasteiger partial charge < -0.3 is 4.74 Å². The number of sulfonamides is 1. The summed E-state index contributed by atoms with van der Waals surface area (Å²) >= 11 is 9.26. The lowest BCUT2D eigenvalue weighted by Crippen LogP contribution is -2.31. The maximum absolute atomic E-state index is 12.6. The van der Waals surface area contributed by atoms with E-state index in [0.717, 1.165) is 4.47 Å². The highest BCUT2D eigenvalue weighted by Gasteiger charge is 2.34. The number of hydrogen-bond acceptors (Lipinski definition) is 4. The molecule has 1 saturated heterocycles. The second-order valence-electron chi connectivity index (χ2n) is 5.14. The number of hydrogen-bond donors (Lipinski definition) is 0. The van der Waals surface area contributed by atoms with Crippen molar-refractivity contribution in [3.63, 3.8) is 0 Å². The van der Waals surface area contributed by atoms with Crippen molar-refractivity contribution in [2.75, 3.05) is 13.1 Å². The molecule has 1 aromatic carbocycles. The molecule has 1 aromatic heterocycles. The van der Waals surface area contributed by atoms with Crippen molar-refractivity contribution < 1.29 is 13.2 Å². The van der Waals surface area contributed by atoms with Crippen molar-refractivity contribution in [1.82, 2.24) is 9.29 Å². The SMILES string of the molecule is O=S(=O)(c1cccc(Cl)c1)N1CCC(Oc2ncccc2Br)C1. The molecule has 0 spiro atoms. The van der Waals surface area contributed by atoms with Gasteiger partial charge >= 0.3 is 0 Å². The van der Waals surface area contributed by atoms with Gasteiger partial charge in [0.15, 0.2) is 0 Å². The third-order valence-corrected chi connectivity index (χ3v) is 6.24. The van der Waals surface area contributed by atoms with Crippen molar-refractivity contribution in [3.8, 4) is 5.88 Å². The minimum atomic E-state index is -3.56. The quantitative estimate of drug-likeness (QED) is 0.765. The Morgan fingerprint density at radius 3 is 2.87 bits per heavy atom. The van der Waals surface area contributed by atoms with Crippen LogP contribution < -0.4 is 4.74 Å². The van der Waals surface area contributed by atoms with Crippen molar-refractivity contribution in [2.24, 2.45) is 0 Å². The van der Waals surface area contributed by atoms with Gasteiger partial charge in [-0.05, 0) is 52.7 Å². The number of pyridine rings is 1. The van der Waals surface area contributed by atoms with Crippen LogP contribution in [0.5, 0.6) is 5.88 Å². The van der Waals surface area contributed by atoms with Crippen LogP contribution in [0, 0.1) is 0 Å². The van der Waals surface area contributed by atoms with Crippen LogP contribution in [0.4, 0.5) is 0 Å². The summed E-state index contributed by atoms with van der Waals surface area (Å²) in [6.45, 7) is 0.696. The third kappa shape index (κ3) is 3.68. The average Bonchev–Trinajstić information content (AvgIpc) is 2.99. The molecule has 1 unspecified atom stereocenters. The molecule has 8 heteroatoms. The van der Waals surface area contributed by atoms with Crippen LogP contribution in [0.25, 0.3) is 0 Å². The topological polar surface area (TPSA) is 59.5 Å². The standard InChI is InChI=1S/C15H14BrClN2O3S/c16-14-5-2-7-18-15(14)22-12-6-8-19(10-12)23(20,21)13-4-1-3-11(17)9-13/h1-5,7,9,12H,6,8,10H2. The second kappa shape index (κ2) is 6.76. The largest absolute Gasteiger partial charge is 0.472 e. The van der Waals surface area contributed by atoms with Gasteiger partial charge in [0.2, 0.25) is 15.9 Å². The molecule has 0 aliphatic carbocycles. The molecular weight excluding hydrogens is 404 g/mol. The molecule has 1 aliphatic rings. The molecule has 3 rings (SSSR count). The summed E-state index contributed by atoms with van der Waals surface area (Å²) in [4.78, 5) is 4.34. The van der Waals surface area contributed by atoms with Crippen molar-refractivity contribution in [2.45, 2.75) is 17.4 Å². The first kappa shape index (κ1) is 16.7. The van der Waals surface area contributed by atoms with Gasteiger partial charge in [-0.15, -0.1) is 0 Å². The number of halogens is 2. The average molecular weight is 418 g/mol. The monoisotopic (exact) mass is 416 g/mol. The molecule has 0 saturated carbocycles. The Hall–Kier alpha value is -1.15. The summed E-state index contributed by atoms with van der Waals surface area (Å²) in [7, 11) is -3.56. The maximum Gasteiger partial charge on any atom is 0.243 e. The number of ether oxygens (including phenoxy) is 1. The Morgan fingerprint density at radius 1 is 1.30 bits per heavy atom. The van der Waals surface area contributed by atoms with E-state index in [2.05, 4.69) is 20.9 Å². The Labute approximate surface area is 148 Å². The van der Waals surface area contributed by atoms with E-state index in [9.17, 15) is 8.42 Å². The highest BCUT2D eigenvalue weighted by Crippen LogP contribution is 2.27. The number of rotatable bonds is 4. The minimum absolute atomic E-state index is 0.199. The van der Waals surface area contributed by atoms with E-state index in [-0.39, 0.29) is 17.5 Å². The lowest BCUT2D eigenvalue weighted by molar-refractivity contribution is 0.205. The fraction of sp³-hybridized carbons (Fsp3) is 0.267. The van der Waals surface area contributed by atoms with E-state index in [1.807, 2.05) is 6.07 Å². The van der Waals surface area contributed by atoms with E-state index < -0.39 is 10.0 Å². The highest BCUT2D eigenvalue weighted by molar-refractivity contribution is 9.10. The van der Waals surface area contributed by atoms with Crippen LogP contribution >= 0.6 is 27.5 Å². The molecule has 5 nitrogen and oxygen atoms in total. The molecule has 0 amide bonds. The van der Waals surface area contributed by atoms with Crippen LogP contribution in [0.1, 0.15) is 6.42 Å². The predicted molar refractivity (Wildman–Crippen MR) is 91.2 cm³/mol. The molecule has 0 N–H and O–H groups in total. The van der Waals surface area contributed by atoms with Gasteiger partial charge in [0.25, 0.3) is 0 Å². The maximum atomic E-state index is 12.6. The first-order valence-electron chi connectivity index (χ1n) is 7.00. The minimum Gasteiger partial charge on any atom is -0.472 e. The van der Waals surface area contributed by atoms with Gasteiger partial charge in [-0.25, -0.2) is 13.4 Å². The van der Waals surface area contributed by atoms with Gasteiger partial charge in [0, 0.05) is 17.8 Å². The summed E-state index contributed by atoms with van der Waals surface area (Å²) < 4.78 is 33.2. The molecule has 1 aliphatic heterocycles. The Balaban J connectivity index is 1.73. The number of benzene rings is 1. The van der Waals surface area contributed by atoms with E-state index >= 15 is 0 Å². The molecule has 2 aromatic rings. The summed E-state index contributed by atoms with van der Waals surface area (Å²) in [5.41, 5.74) is 0. The zero-order valence-electron chi connectivity index (χ0n) is 12.0. The second-order valence-corrected chi connectivity index (χ2v) is 8.37. The predicted octanol–water partition coefficient (Wildman–Crippen LogP) is 3.34. The Morgan fingerprint density at radius 2 is 2.13 bits per heavy atom. The summed E-state index contributed by atoms with van der Waals surface area (Å²) in [6, 6.07) is 9.91. The normalized spacial score (nSPS) is 19.0. The first-order chi connectivity index (χ1) is 11.0. The van der Waals surface area contributed by atoms with E-state index in [1.54, 1.807) is 30.5 Å². The molecule has 23 heavy (non-hydrogen) atoms. The molecular formula is C15H14BrClN2O3S. The van der Waals surface area contributed by atoms with Crippen molar-refractivity contribution >= 4 is 37.6 Å². The number of nitrogens with zero attached hydrogens (tertiary/aromatic N) is 2. The van der Waals surface area contributed by atoms with Crippen LogP contribution in [0.15, 0.2) is 52.0 Å². The summed E-state index contributed by atoms with van der Waals surface area (Å²) in [5.74, 6) is 0.472. The fourth-order valence-electron chi connectivity index (χ4n) is 2.40. The summed E-state index contributed by atoms with van der Waals surface area (Å²) in [5, 5.41) is 0.399. The first-order valence-corrected chi connectivity index (χ1v) is 9.61. The third-order valence-electron chi connectivity index (χ3n) is 3.54. The van der Waals surface area contributed by atoms with E-state index in [4.69, 9.17) is 16.3 Å². The van der Waals surface area contributed by atoms with Crippen LogP contribution in [0.3, 0.4) is 0 Å². The van der Waals surface area contributed by atoms with Crippen molar-refractivity contribution in [3.05, 3.63) is 52.1 Å². The smallest absolute Gasteiger partial charge is 0.243 e. The molecule has 2 heterocycles. The van der Waals surface area contributed by atoms with Crippen molar-refractivity contribution in [1.29, 1.82) is 0 Å². The van der Waals surface area contributed by atoms with E-state index in [0.29, 0.717) is 23.9 Å². The Kier molecular flexibility index (Phi) is 4.91. The van der Waals surface area contributed by atoms with Crippen LogP contribution in [-0.2, 0) is 10.0 Å². The highest BCUT2D eigenvalue weighted by atomic mass is 79.9. The molecule has 0 bridgehead atoms.